The standard InChI is InChI=1S/C5H8F3NO/c6-5(7,8)4(3-10)1-2-9/h3-4H,1-2,9H2. The van der Waals surface area contributed by atoms with Crippen molar-refractivity contribution >= 4 is 6.29 Å². The van der Waals surface area contributed by atoms with Crippen LogP contribution >= 0.6 is 0 Å². The Kier molecular flexibility index (Phi) is 3.35. The normalized spacial score (nSPS) is 14.8. The highest BCUT2D eigenvalue weighted by molar-refractivity contribution is 5.54. The van der Waals surface area contributed by atoms with E-state index in [0.717, 1.165) is 0 Å². The molecule has 0 saturated carbocycles. The quantitative estimate of drug-likeness (QED) is 0.610. The van der Waals surface area contributed by atoms with E-state index in [1.54, 1.807) is 0 Å². The van der Waals surface area contributed by atoms with E-state index in [4.69, 9.17) is 5.73 Å². The van der Waals surface area contributed by atoms with Crippen molar-refractivity contribution in [1.29, 1.82) is 0 Å². The van der Waals surface area contributed by atoms with Crippen LogP contribution in [0.25, 0.3) is 0 Å². The predicted octanol–water partition coefficient (Wildman–Crippen LogP) is 0.713. The Bertz CT molecular complexity index is 112. The summed E-state index contributed by atoms with van der Waals surface area (Å²) in [7, 11) is 0. The maximum atomic E-state index is 11.6. The Morgan fingerprint density at radius 1 is 1.50 bits per heavy atom. The molecule has 0 amide bonds. The summed E-state index contributed by atoms with van der Waals surface area (Å²) >= 11 is 0. The molecule has 0 heterocycles. The first-order valence-electron chi connectivity index (χ1n) is 2.74. The maximum Gasteiger partial charge on any atom is 0.398 e. The fourth-order valence-corrected chi connectivity index (χ4v) is 0.488. The molecule has 0 saturated heterocycles. The average molecular weight is 155 g/mol. The molecule has 10 heavy (non-hydrogen) atoms. The third kappa shape index (κ3) is 2.82. The van der Waals surface area contributed by atoms with Crippen LogP contribution in [-0.2, 0) is 4.79 Å². The fraction of sp³-hybridized carbons (Fsp3) is 0.800. The van der Waals surface area contributed by atoms with Crippen molar-refractivity contribution in [1.82, 2.24) is 0 Å². The summed E-state index contributed by atoms with van der Waals surface area (Å²) in [5.74, 6) is -1.89. The lowest BCUT2D eigenvalue weighted by molar-refractivity contribution is -0.175. The van der Waals surface area contributed by atoms with E-state index in [9.17, 15) is 18.0 Å². The van der Waals surface area contributed by atoms with Gasteiger partial charge in [-0.2, -0.15) is 13.2 Å². The van der Waals surface area contributed by atoms with Gasteiger partial charge in [0.15, 0.2) is 0 Å². The van der Waals surface area contributed by atoms with Gasteiger partial charge in [0.1, 0.15) is 12.2 Å². The van der Waals surface area contributed by atoms with Crippen molar-refractivity contribution < 1.29 is 18.0 Å². The Hall–Kier alpha value is -0.580. The van der Waals surface area contributed by atoms with Crippen LogP contribution in [0.15, 0.2) is 0 Å². The summed E-state index contributed by atoms with van der Waals surface area (Å²) in [6.45, 7) is -0.122. The van der Waals surface area contributed by atoms with Crippen molar-refractivity contribution in [3.05, 3.63) is 0 Å². The summed E-state index contributed by atoms with van der Waals surface area (Å²) in [5.41, 5.74) is 4.84. The van der Waals surface area contributed by atoms with E-state index >= 15 is 0 Å². The summed E-state index contributed by atoms with van der Waals surface area (Å²) in [4.78, 5) is 9.77. The monoisotopic (exact) mass is 155 g/mol. The fourth-order valence-electron chi connectivity index (χ4n) is 0.488. The molecule has 0 aromatic carbocycles. The molecule has 0 fully saturated rings. The van der Waals surface area contributed by atoms with Crippen LogP contribution < -0.4 is 5.73 Å². The number of alkyl halides is 3. The molecule has 0 aliphatic heterocycles. The van der Waals surface area contributed by atoms with Crippen LogP contribution in [-0.4, -0.2) is 19.0 Å². The molecule has 0 rings (SSSR count). The first-order valence-corrected chi connectivity index (χ1v) is 2.74. The van der Waals surface area contributed by atoms with Gasteiger partial charge >= 0.3 is 6.18 Å². The highest BCUT2D eigenvalue weighted by Gasteiger charge is 2.38. The lowest BCUT2D eigenvalue weighted by Gasteiger charge is -2.11. The molecule has 0 aromatic rings. The van der Waals surface area contributed by atoms with Gasteiger partial charge in [0.05, 0.1) is 0 Å². The topological polar surface area (TPSA) is 43.1 Å². The number of rotatable bonds is 3. The van der Waals surface area contributed by atoms with Gasteiger partial charge in [-0.15, -0.1) is 0 Å². The Morgan fingerprint density at radius 2 is 2.00 bits per heavy atom. The highest BCUT2D eigenvalue weighted by Crippen LogP contribution is 2.26. The molecule has 2 N–H and O–H groups in total. The lowest BCUT2D eigenvalue weighted by atomic mass is 10.1. The summed E-state index contributed by atoms with van der Waals surface area (Å²) in [5, 5.41) is 0. The smallest absolute Gasteiger partial charge is 0.330 e. The highest BCUT2D eigenvalue weighted by atomic mass is 19.4. The van der Waals surface area contributed by atoms with Crippen LogP contribution in [0.3, 0.4) is 0 Å². The third-order valence-electron chi connectivity index (χ3n) is 1.06. The van der Waals surface area contributed by atoms with Crippen LogP contribution in [0.4, 0.5) is 13.2 Å². The van der Waals surface area contributed by atoms with Crippen molar-refractivity contribution in [2.24, 2.45) is 11.7 Å². The van der Waals surface area contributed by atoms with Gasteiger partial charge in [-0.1, -0.05) is 0 Å². The molecule has 0 aliphatic carbocycles. The van der Waals surface area contributed by atoms with E-state index in [2.05, 4.69) is 0 Å². The molecule has 60 valence electrons. The number of nitrogens with two attached hydrogens (primary N) is 1. The SMILES string of the molecule is NCCC(C=O)C(F)(F)F. The van der Waals surface area contributed by atoms with Crippen LogP contribution in [0.1, 0.15) is 6.42 Å². The van der Waals surface area contributed by atoms with Gasteiger partial charge in [-0.05, 0) is 13.0 Å². The second-order valence-corrected chi connectivity index (χ2v) is 1.86. The van der Waals surface area contributed by atoms with Crippen molar-refractivity contribution in [3.8, 4) is 0 Å². The minimum Gasteiger partial charge on any atom is -0.330 e. The number of aldehydes is 1. The van der Waals surface area contributed by atoms with Crippen molar-refractivity contribution in [2.75, 3.05) is 6.54 Å². The van der Waals surface area contributed by atoms with Crippen LogP contribution in [0.5, 0.6) is 0 Å². The zero-order valence-corrected chi connectivity index (χ0v) is 5.19. The van der Waals surface area contributed by atoms with Gasteiger partial charge in [0.2, 0.25) is 0 Å². The zero-order chi connectivity index (χ0) is 8.20. The number of hydrogen-bond donors (Lipinski definition) is 1. The van der Waals surface area contributed by atoms with E-state index in [1.165, 1.54) is 0 Å². The van der Waals surface area contributed by atoms with Crippen LogP contribution in [0.2, 0.25) is 0 Å². The summed E-state index contributed by atoms with van der Waals surface area (Å²) in [6, 6.07) is 0. The summed E-state index contributed by atoms with van der Waals surface area (Å²) < 4.78 is 34.9. The molecule has 0 spiro atoms. The molecule has 5 heteroatoms. The minimum atomic E-state index is -4.43. The lowest BCUT2D eigenvalue weighted by Crippen LogP contribution is -2.26. The van der Waals surface area contributed by atoms with E-state index in [-0.39, 0.29) is 19.3 Å². The zero-order valence-electron chi connectivity index (χ0n) is 5.19. The Balaban J connectivity index is 3.93. The molecule has 2 nitrogen and oxygen atoms in total. The Morgan fingerprint density at radius 3 is 2.10 bits per heavy atom. The van der Waals surface area contributed by atoms with Crippen molar-refractivity contribution in [3.63, 3.8) is 0 Å². The predicted molar refractivity (Wildman–Crippen MR) is 29.3 cm³/mol. The van der Waals surface area contributed by atoms with Gasteiger partial charge in [-0.25, -0.2) is 0 Å². The molecule has 0 aliphatic rings. The van der Waals surface area contributed by atoms with Gasteiger partial charge in [0.25, 0.3) is 0 Å². The second-order valence-electron chi connectivity index (χ2n) is 1.86. The van der Waals surface area contributed by atoms with Gasteiger partial charge in [0, 0.05) is 0 Å². The number of carbonyl (C=O) groups is 1. The first-order chi connectivity index (χ1) is 4.52. The third-order valence-corrected chi connectivity index (χ3v) is 1.06. The second kappa shape index (κ2) is 3.55. The Labute approximate surface area is 56.2 Å². The van der Waals surface area contributed by atoms with E-state index in [1.807, 2.05) is 0 Å². The molecular weight excluding hydrogens is 147 g/mol. The average Bonchev–Trinajstić information content (AvgIpc) is 1.80. The van der Waals surface area contributed by atoms with E-state index in [0.29, 0.717) is 0 Å². The van der Waals surface area contributed by atoms with Gasteiger partial charge < -0.3 is 10.5 Å². The van der Waals surface area contributed by atoms with Gasteiger partial charge in [-0.3, -0.25) is 0 Å². The maximum absolute atomic E-state index is 11.6. The molecule has 1 unspecified atom stereocenters. The minimum absolute atomic E-state index is 0.118. The molecule has 0 aromatic heterocycles. The first kappa shape index (κ1) is 9.42. The number of carbonyl (C=O) groups excluding carboxylic acids is 1. The number of hydrogen-bond acceptors (Lipinski definition) is 2. The number of halogens is 3. The molecule has 0 radical (unpaired) electrons. The largest absolute Gasteiger partial charge is 0.398 e. The molecule has 1 atom stereocenters. The summed E-state index contributed by atoms with van der Waals surface area (Å²) in [6.07, 6.45) is -4.87. The van der Waals surface area contributed by atoms with E-state index < -0.39 is 12.1 Å². The molecular formula is C5H8F3NO. The van der Waals surface area contributed by atoms with Crippen molar-refractivity contribution in [2.45, 2.75) is 12.6 Å². The van der Waals surface area contributed by atoms with Crippen LogP contribution in [0, 0.1) is 5.92 Å². The molecule has 0 bridgehead atoms.